The SMILES string of the molecule is CCC(=O)NC1C(=O)N2C(C(=O)O)C(C(SC(=N)N)c3ccccc3)=CS[C@@H]12. The predicted octanol–water partition coefficient (Wildman–Crippen LogP) is 1.50. The Balaban J connectivity index is 1.95. The molecule has 8 nitrogen and oxygen atoms in total. The van der Waals surface area contributed by atoms with Crippen molar-refractivity contribution in [1.29, 1.82) is 5.41 Å². The Kier molecular flexibility index (Phi) is 5.99. The van der Waals surface area contributed by atoms with E-state index in [1.165, 1.54) is 16.7 Å². The Labute approximate surface area is 170 Å². The van der Waals surface area contributed by atoms with Gasteiger partial charge in [-0.2, -0.15) is 0 Å². The zero-order valence-electron chi connectivity index (χ0n) is 15.0. The molecule has 2 aliphatic heterocycles. The number of carboxylic acids is 1. The summed E-state index contributed by atoms with van der Waals surface area (Å²) in [5.41, 5.74) is 6.87. The number of hydrogen-bond acceptors (Lipinski definition) is 6. The highest BCUT2D eigenvalue weighted by molar-refractivity contribution is 8.14. The van der Waals surface area contributed by atoms with Crippen molar-refractivity contribution in [1.82, 2.24) is 10.2 Å². The average molecular weight is 421 g/mol. The molecule has 5 N–H and O–H groups in total. The lowest BCUT2D eigenvalue weighted by Gasteiger charge is -2.52. The predicted molar refractivity (Wildman–Crippen MR) is 109 cm³/mol. The Morgan fingerprint density at radius 3 is 2.64 bits per heavy atom. The summed E-state index contributed by atoms with van der Waals surface area (Å²) >= 11 is 2.33. The number of amidine groups is 1. The van der Waals surface area contributed by atoms with E-state index in [0.29, 0.717) is 5.57 Å². The zero-order valence-corrected chi connectivity index (χ0v) is 16.6. The van der Waals surface area contributed by atoms with Crippen LogP contribution in [0.1, 0.15) is 24.2 Å². The van der Waals surface area contributed by atoms with E-state index in [2.05, 4.69) is 5.32 Å². The standard InChI is InChI=1S/C18H20N4O4S2/c1-2-11(23)21-12-15(24)22-13(17(25)26)10(8-27-16(12)22)14(28-18(19)20)9-6-4-3-5-7-9/h3-8,12-14,16H,2H2,1H3,(H3,19,20)(H,21,23)(H,25,26)/t12?,13?,14?,16-/m0/s1. The zero-order chi connectivity index (χ0) is 20.4. The molecule has 1 aromatic carbocycles. The molecule has 3 rings (SSSR count). The topological polar surface area (TPSA) is 137 Å². The van der Waals surface area contributed by atoms with Crippen molar-refractivity contribution in [3.63, 3.8) is 0 Å². The van der Waals surface area contributed by atoms with Gasteiger partial charge in [-0.05, 0) is 16.5 Å². The van der Waals surface area contributed by atoms with Crippen LogP contribution in [0.4, 0.5) is 0 Å². The van der Waals surface area contributed by atoms with Gasteiger partial charge in [-0.15, -0.1) is 11.8 Å². The summed E-state index contributed by atoms with van der Waals surface area (Å²) in [7, 11) is 0. The third-order valence-electron chi connectivity index (χ3n) is 4.54. The molecule has 4 atom stereocenters. The van der Waals surface area contributed by atoms with Crippen LogP contribution in [0.5, 0.6) is 0 Å². The average Bonchev–Trinajstić information content (AvgIpc) is 2.69. The molecule has 1 saturated heterocycles. The number of benzene rings is 1. The Bertz CT molecular complexity index is 845. The number of aliphatic carboxylic acids is 1. The maximum Gasteiger partial charge on any atom is 0.330 e. The van der Waals surface area contributed by atoms with Crippen LogP contribution in [0.2, 0.25) is 0 Å². The number of amides is 2. The molecule has 1 fully saturated rings. The second-order valence-electron chi connectivity index (χ2n) is 6.30. The minimum absolute atomic E-state index is 0.144. The number of hydrogen-bond donors (Lipinski definition) is 4. The molecule has 0 aliphatic carbocycles. The number of nitrogens with one attached hydrogen (secondary N) is 2. The minimum atomic E-state index is -1.18. The maximum absolute atomic E-state index is 12.6. The molecule has 2 aliphatic rings. The first-order chi connectivity index (χ1) is 13.3. The highest BCUT2D eigenvalue weighted by atomic mass is 32.2. The molecule has 2 heterocycles. The molecule has 0 spiro atoms. The van der Waals surface area contributed by atoms with Crippen molar-refractivity contribution < 1.29 is 19.5 Å². The lowest BCUT2D eigenvalue weighted by atomic mass is 9.93. The molecule has 10 heteroatoms. The monoisotopic (exact) mass is 420 g/mol. The van der Waals surface area contributed by atoms with Gasteiger partial charge in [0.2, 0.25) is 11.8 Å². The van der Waals surface area contributed by atoms with Gasteiger partial charge in [-0.3, -0.25) is 15.0 Å². The molecule has 3 unspecified atom stereocenters. The van der Waals surface area contributed by atoms with Crippen molar-refractivity contribution in [3.8, 4) is 0 Å². The first kappa shape index (κ1) is 20.3. The third kappa shape index (κ3) is 3.74. The van der Waals surface area contributed by atoms with Gasteiger partial charge in [-0.25, -0.2) is 4.79 Å². The molecule has 0 aromatic heterocycles. The largest absolute Gasteiger partial charge is 0.479 e. The van der Waals surface area contributed by atoms with E-state index >= 15 is 0 Å². The van der Waals surface area contributed by atoms with Crippen LogP contribution in [0.3, 0.4) is 0 Å². The third-order valence-corrected chi connectivity index (χ3v) is 6.76. The summed E-state index contributed by atoms with van der Waals surface area (Å²) in [5.74, 6) is -1.83. The van der Waals surface area contributed by atoms with Crippen molar-refractivity contribution in [2.24, 2.45) is 5.73 Å². The minimum Gasteiger partial charge on any atom is -0.479 e. The lowest BCUT2D eigenvalue weighted by molar-refractivity contribution is -0.160. The Morgan fingerprint density at radius 1 is 1.39 bits per heavy atom. The number of carboxylic acid groups (broad SMARTS) is 1. The number of rotatable bonds is 6. The first-order valence-corrected chi connectivity index (χ1v) is 10.4. The van der Waals surface area contributed by atoms with Crippen molar-refractivity contribution in [2.45, 2.75) is 36.1 Å². The Hall–Kier alpha value is -2.46. The van der Waals surface area contributed by atoms with Crippen LogP contribution in [-0.4, -0.2) is 50.4 Å². The van der Waals surface area contributed by atoms with Gasteiger partial charge in [0.15, 0.2) is 11.2 Å². The molecule has 2 amide bonds. The molecule has 0 radical (unpaired) electrons. The molecular formula is C18H20N4O4S2. The fraction of sp³-hybridized carbons (Fsp3) is 0.333. The van der Waals surface area contributed by atoms with E-state index in [0.717, 1.165) is 17.3 Å². The summed E-state index contributed by atoms with van der Waals surface area (Å²) in [6.07, 6.45) is 0.246. The Morgan fingerprint density at radius 2 is 2.07 bits per heavy atom. The normalized spacial score (nSPS) is 24.5. The van der Waals surface area contributed by atoms with Gasteiger partial charge in [0.05, 0.1) is 5.25 Å². The van der Waals surface area contributed by atoms with Crippen molar-refractivity contribution in [3.05, 3.63) is 46.9 Å². The lowest BCUT2D eigenvalue weighted by Crippen LogP contribution is -2.74. The van der Waals surface area contributed by atoms with E-state index < -0.39 is 34.6 Å². The second-order valence-corrected chi connectivity index (χ2v) is 8.44. The van der Waals surface area contributed by atoms with E-state index in [9.17, 15) is 19.5 Å². The molecular weight excluding hydrogens is 400 g/mol. The van der Waals surface area contributed by atoms with Crippen LogP contribution in [-0.2, 0) is 14.4 Å². The molecule has 28 heavy (non-hydrogen) atoms. The maximum atomic E-state index is 12.6. The number of carbonyl (C=O) groups excluding carboxylic acids is 2. The van der Waals surface area contributed by atoms with Gasteiger partial charge in [0.25, 0.3) is 0 Å². The summed E-state index contributed by atoms with van der Waals surface area (Å²) in [5, 5.41) is 20.8. The highest BCUT2D eigenvalue weighted by Crippen LogP contribution is 2.47. The van der Waals surface area contributed by atoms with Crippen LogP contribution in [0.15, 0.2) is 41.3 Å². The van der Waals surface area contributed by atoms with Gasteiger partial charge >= 0.3 is 5.97 Å². The highest BCUT2D eigenvalue weighted by Gasteiger charge is 2.56. The quantitative estimate of drug-likeness (QED) is 0.311. The van der Waals surface area contributed by atoms with Gasteiger partial charge in [0.1, 0.15) is 11.4 Å². The number of thioether (sulfide) groups is 2. The number of carbonyl (C=O) groups is 3. The number of nitrogens with two attached hydrogens (primary N) is 1. The van der Waals surface area contributed by atoms with Crippen LogP contribution >= 0.6 is 23.5 Å². The molecule has 0 saturated carbocycles. The summed E-state index contributed by atoms with van der Waals surface area (Å²) in [6.45, 7) is 1.69. The van der Waals surface area contributed by atoms with E-state index in [1.807, 2.05) is 30.3 Å². The van der Waals surface area contributed by atoms with E-state index in [-0.39, 0.29) is 17.5 Å². The fourth-order valence-corrected chi connectivity index (χ4v) is 5.46. The van der Waals surface area contributed by atoms with Crippen LogP contribution in [0.25, 0.3) is 0 Å². The van der Waals surface area contributed by atoms with Crippen molar-refractivity contribution >= 4 is 46.5 Å². The smallest absolute Gasteiger partial charge is 0.330 e. The van der Waals surface area contributed by atoms with E-state index in [1.54, 1.807) is 12.3 Å². The first-order valence-electron chi connectivity index (χ1n) is 8.60. The van der Waals surface area contributed by atoms with Gasteiger partial charge in [-0.1, -0.05) is 49.0 Å². The van der Waals surface area contributed by atoms with E-state index in [4.69, 9.17) is 11.1 Å². The van der Waals surface area contributed by atoms with Crippen LogP contribution in [0, 0.1) is 5.41 Å². The molecule has 0 bridgehead atoms. The van der Waals surface area contributed by atoms with Crippen LogP contribution < -0.4 is 11.1 Å². The molecule has 148 valence electrons. The number of nitrogens with zero attached hydrogens (tertiary/aromatic N) is 1. The number of fused-ring (bicyclic) bond motifs is 1. The fourth-order valence-electron chi connectivity index (χ4n) is 3.24. The summed E-state index contributed by atoms with van der Waals surface area (Å²) in [6, 6.07) is 7.25. The summed E-state index contributed by atoms with van der Waals surface area (Å²) in [4.78, 5) is 37.7. The second kappa shape index (κ2) is 8.27. The van der Waals surface area contributed by atoms with Gasteiger partial charge in [0, 0.05) is 6.42 Å². The summed E-state index contributed by atoms with van der Waals surface area (Å²) < 4.78 is 0. The van der Waals surface area contributed by atoms with Crippen molar-refractivity contribution in [2.75, 3.05) is 0 Å². The number of β-lactam (4-membered cyclic amide) rings is 1. The van der Waals surface area contributed by atoms with Gasteiger partial charge < -0.3 is 21.1 Å². The molecule has 1 aromatic rings.